The first kappa shape index (κ1) is 18.0. The van der Waals surface area contributed by atoms with E-state index in [1.165, 1.54) is 27.0 Å². The molecule has 0 atom stereocenters. The second kappa shape index (κ2) is 7.63. The summed E-state index contributed by atoms with van der Waals surface area (Å²) in [5.41, 5.74) is 0.459. The van der Waals surface area contributed by atoms with Crippen LogP contribution in [0, 0.1) is 11.3 Å². The van der Waals surface area contributed by atoms with Crippen LogP contribution in [0.5, 0.6) is 0 Å². The molecule has 132 valence electrons. The molecular formula is C15H17N4O3S3+. The van der Waals surface area contributed by atoms with Gasteiger partial charge in [0.2, 0.25) is 0 Å². The van der Waals surface area contributed by atoms with E-state index in [0.717, 1.165) is 4.90 Å². The number of nitrogens with zero attached hydrogens (tertiary/aromatic N) is 2. The van der Waals surface area contributed by atoms with Crippen molar-refractivity contribution in [1.82, 2.24) is 4.31 Å². The smallest absolute Gasteiger partial charge is 0.280 e. The molecule has 3 rings (SSSR count). The number of hydrogen-bond acceptors (Lipinski definition) is 6. The van der Waals surface area contributed by atoms with Gasteiger partial charge in [0.25, 0.3) is 15.9 Å². The summed E-state index contributed by atoms with van der Waals surface area (Å²) in [6.07, 6.45) is 0. The highest BCUT2D eigenvalue weighted by Crippen LogP contribution is 2.22. The molecule has 2 aromatic rings. The van der Waals surface area contributed by atoms with E-state index in [1.54, 1.807) is 29.0 Å². The number of amides is 1. The van der Waals surface area contributed by atoms with Crippen molar-refractivity contribution in [3.63, 3.8) is 0 Å². The lowest BCUT2D eigenvalue weighted by atomic mass is 10.3. The Balaban J connectivity index is 1.53. The zero-order valence-electron chi connectivity index (χ0n) is 13.3. The first-order valence-electron chi connectivity index (χ1n) is 7.65. The average molecular weight is 398 g/mol. The van der Waals surface area contributed by atoms with Crippen LogP contribution in [-0.4, -0.2) is 51.4 Å². The molecule has 1 aliphatic heterocycles. The average Bonchev–Trinajstić information content (AvgIpc) is 3.27. The molecular weight excluding hydrogens is 380 g/mol. The molecule has 3 heterocycles. The minimum atomic E-state index is -3.42. The van der Waals surface area contributed by atoms with Crippen molar-refractivity contribution in [3.8, 4) is 6.07 Å². The minimum absolute atomic E-state index is 0.163. The van der Waals surface area contributed by atoms with Gasteiger partial charge >= 0.3 is 0 Å². The van der Waals surface area contributed by atoms with Crippen molar-refractivity contribution in [2.45, 2.75) is 4.21 Å². The highest BCUT2D eigenvalue weighted by molar-refractivity contribution is 7.91. The Labute approximate surface area is 154 Å². The topological polar surface area (TPSA) is 94.7 Å². The summed E-state index contributed by atoms with van der Waals surface area (Å²) in [5.74, 6) is -0.163. The molecule has 0 spiro atoms. The number of nitriles is 1. The number of nitrogens with one attached hydrogen (secondary N) is 2. The van der Waals surface area contributed by atoms with Crippen LogP contribution in [0.15, 0.2) is 33.2 Å². The van der Waals surface area contributed by atoms with Gasteiger partial charge in [0.05, 0.1) is 31.7 Å². The molecule has 1 saturated heterocycles. The van der Waals surface area contributed by atoms with Gasteiger partial charge in [-0.25, -0.2) is 8.42 Å². The third-order valence-corrected chi connectivity index (χ3v) is 8.07. The summed E-state index contributed by atoms with van der Waals surface area (Å²) in [7, 11) is -3.42. The molecule has 0 aliphatic carbocycles. The Hall–Kier alpha value is -1.77. The van der Waals surface area contributed by atoms with Crippen molar-refractivity contribution >= 4 is 43.6 Å². The van der Waals surface area contributed by atoms with Gasteiger partial charge in [0.1, 0.15) is 15.3 Å². The van der Waals surface area contributed by atoms with Crippen LogP contribution in [-0.2, 0) is 14.8 Å². The highest BCUT2D eigenvalue weighted by atomic mass is 32.2. The lowest BCUT2D eigenvalue weighted by Gasteiger charge is -2.30. The number of hydrogen-bond donors (Lipinski definition) is 2. The van der Waals surface area contributed by atoms with Gasteiger partial charge < -0.3 is 10.2 Å². The summed E-state index contributed by atoms with van der Waals surface area (Å²) < 4.78 is 26.8. The van der Waals surface area contributed by atoms with Gasteiger partial charge in [-0.2, -0.15) is 9.57 Å². The van der Waals surface area contributed by atoms with E-state index in [1.807, 2.05) is 6.07 Å². The van der Waals surface area contributed by atoms with Gasteiger partial charge in [0.15, 0.2) is 6.54 Å². The van der Waals surface area contributed by atoms with Crippen molar-refractivity contribution in [2.24, 2.45) is 0 Å². The van der Waals surface area contributed by atoms with Gasteiger partial charge in [-0.15, -0.1) is 22.7 Å². The van der Waals surface area contributed by atoms with Crippen molar-refractivity contribution in [1.29, 1.82) is 5.26 Å². The van der Waals surface area contributed by atoms with Crippen LogP contribution in [0.3, 0.4) is 0 Å². The van der Waals surface area contributed by atoms with Gasteiger partial charge in [-0.1, -0.05) is 6.07 Å². The minimum Gasteiger partial charge on any atom is -0.325 e. The number of carbonyl (C=O) groups is 1. The summed E-state index contributed by atoms with van der Waals surface area (Å²) in [6.45, 7) is 2.20. The summed E-state index contributed by atoms with van der Waals surface area (Å²) >= 11 is 2.53. The Morgan fingerprint density at radius 1 is 1.28 bits per heavy atom. The Bertz CT molecular complexity index is 876. The number of thiophene rings is 2. The number of sulfonamides is 1. The molecule has 7 nitrogen and oxygen atoms in total. The molecule has 1 amide bonds. The van der Waals surface area contributed by atoms with Crippen molar-refractivity contribution in [2.75, 3.05) is 38.0 Å². The van der Waals surface area contributed by atoms with E-state index >= 15 is 0 Å². The molecule has 1 aliphatic rings. The maximum absolute atomic E-state index is 12.5. The summed E-state index contributed by atoms with van der Waals surface area (Å²) in [5, 5.41) is 15.8. The highest BCUT2D eigenvalue weighted by Gasteiger charge is 2.31. The Kier molecular flexibility index (Phi) is 5.51. The number of anilines is 1. The lowest BCUT2D eigenvalue weighted by molar-refractivity contribution is -0.895. The van der Waals surface area contributed by atoms with Crippen LogP contribution < -0.4 is 10.2 Å². The van der Waals surface area contributed by atoms with Crippen LogP contribution >= 0.6 is 22.7 Å². The standard InChI is InChI=1S/C15H16N4O3S3/c16-10-12-3-9-24-15(12)17-13(20)11-18-4-6-19(7-5-18)25(21,22)14-2-1-8-23-14/h1-3,8-9H,4-7,11H2,(H,17,20)/p+1. The monoisotopic (exact) mass is 397 g/mol. The number of quaternary nitrogens is 1. The quantitative estimate of drug-likeness (QED) is 0.754. The third-order valence-electron chi connectivity index (χ3n) is 3.97. The lowest BCUT2D eigenvalue weighted by Crippen LogP contribution is -3.15. The third kappa shape index (κ3) is 4.08. The molecule has 1 fully saturated rings. The fourth-order valence-corrected chi connectivity index (χ4v) is 5.99. The molecule has 0 aromatic carbocycles. The summed E-state index contributed by atoms with van der Waals surface area (Å²) in [4.78, 5) is 13.2. The van der Waals surface area contributed by atoms with E-state index in [4.69, 9.17) is 5.26 Å². The van der Waals surface area contributed by atoms with Crippen LogP contribution in [0.2, 0.25) is 0 Å². The molecule has 10 heteroatoms. The Morgan fingerprint density at radius 2 is 2.04 bits per heavy atom. The van der Waals surface area contributed by atoms with E-state index in [2.05, 4.69) is 5.32 Å². The molecule has 0 bridgehead atoms. The molecule has 25 heavy (non-hydrogen) atoms. The van der Waals surface area contributed by atoms with Gasteiger partial charge in [-0.05, 0) is 22.9 Å². The van der Waals surface area contributed by atoms with Crippen LogP contribution in [0.1, 0.15) is 5.56 Å². The maximum Gasteiger partial charge on any atom is 0.280 e. The summed E-state index contributed by atoms with van der Waals surface area (Å²) in [6, 6.07) is 7.04. The number of rotatable bonds is 5. The fraction of sp³-hybridized carbons (Fsp3) is 0.333. The van der Waals surface area contributed by atoms with Gasteiger partial charge in [-0.3, -0.25) is 4.79 Å². The second-order valence-electron chi connectivity index (χ2n) is 5.59. The number of piperazine rings is 1. The predicted molar refractivity (Wildman–Crippen MR) is 96.3 cm³/mol. The molecule has 0 saturated carbocycles. The van der Waals surface area contributed by atoms with E-state index in [9.17, 15) is 13.2 Å². The van der Waals surface area contributed by atoms with E-state index < -0.39 is 10.0 Å². The normalized spacial score (nSPS) is 16.4. The molecule has 2 N–H and O–H groups in total. The predicted octanol–water partition coefficient (Wildman–Crippen LogP) is 0.209. The van der Waals surface area contributed by atoms with Crippen molar-refractivity contribution < 1.29 is 18.1 Å². The zero-order chi connectivity index (χ0) is 17.9. The second-order valence-corrected chi connectivity index (χ2v) is 9.61. The molecule has 2 aromatic heterocycles. The number of carbonyl (C=O) groups excluding carboxylic acids is 1. The molecule has 0 radical (unpaired) electrons. The SMILES string of the molecule is N#Cc1ccsc1NC(=O)C[NH+]1CCN(S(=O)(=O)c2cccs2)CC1. The Morgan fingerprint density at radius 3 is 2.68 bits per heavy atom. The largest absolute Gasteiger partial charge is 0.325 e. The van der Waals surface area contributed by atoms with Crippen LogP contribution in [0.25, 0.3) is 0 Å². The first-order chi connectivity index (χ1) is 12.0. The van der Waals surface area contributed by atoms with E-state index in [-0.39, 0.29) is 12.5 Å². The maximum atomic E-state index is 12.5. The van der Waals surface area contributed by atoms with Crippen molar-refractivity contribution in [3.05, 3.63) is 34.5 Å². The van der Waals surface area contributed by atoms with Crippen LogP contribution in [0.4, 0.5) is 5.00 Å². The molecule has 0 unspecified atom stereocenters. The zero-order valence-corrected chi connectivity index (χ0v) is 15.7. The first-order valence-corrected chi connectivity index (χ1v) is 10.9. The fourth-order valence-electron chi connectivity index (χ4n) is 2.65. The van der Waals surface area contributed by atoms with Gasteiger partial charge in [0, 0.05) is 0 Å². The van der Waals surface area contributed by atoms with E-state index in [0.29, 0.717) is 41.0 Å².